The minimum Gasteiger partial charge on any atom is -0.465 e. The number of ether oxygens (including phenoxy) is 2. The van der Waals surface area contributed by atoms with Gasteiger partial charge in [0.1, 0.15) is 5.00 Å². The third kappa shape index (κ3) is 5.02. The van der Waals surface area contributed by atoms with Gasteiger partial charge in [-0.3, -0.25) is 14.5 Å². The van der Waals surface area contributed by atoms with Crippen molar-refractivity contribution in [2.24, 2.45) is 0 Å². The normalized spacial score (nSPS) is 13.3. The molecule has 1 amide bonds. The molecule has 1 heterocycles. The van der Waals surface area contributed by atoms with Crippen LogP contribution in [-0.4, -0.2) is 56.6 Å². The van der Waals surface area contributed by atoms with E-state index in [0.717, 1.165) is 36.1 Å². The zero-order valence-electron chi connectivity index (χ0n) is 14.8. The van der Waals surface area contributed by atoms with Crippen LogP contribution in [0.1, 0.15) is 40.6 Å². The van der Waals surface area contributed by atoms with Gasteiger partial charge >= 0.3 is 11.9 Å². The average molecular weight is 368 g/mol. The molecule has 138 valence electrons. The molecular formula is C17H24N2O5S. The van der Waals surface area contributed by atoms with Crippen LogP contribution in [0.2, 0.25) is 0 Å². The number of fused-ring (bicyclic) bond motifs is 1. The van der Waals surface area contributed by atoms with Crippen LogP contribution in [0.4, 0.5) is 5.00 Å². The maximum absolute atomic E-state index is 12.3. The van der Waals surface area contributed by atoms with Crippen LogP contribution in [0.25, 0.3) is 0 Å². The van der Waals surface area contributed by atoms with E-state index >= 15 is 0 Å². The smallest absolute Gasteiger partial charge is 0.341 e. The van der Waals surface area contributed by atoms with E-state index < -0.39 is 5.97 Å². The molecule has 25 heavy (non-hydrogen) atoms. The number of esters is 2. The Labute approximate surface area is 151 Å². The lowest BCUT2D eigenvalue weighted by molar-refractivity contribution is -0.144. The Morgan fingerprint density at radius 3 is 2.60 bits per heavy atom. The Hall–Kier alpha value is -1.93. The highest BCUT2D eigenvalue weighted by molar-refractivity contribution is 7.17. The van der Waals surface area contributed by atoms with Gasteiger partial charge in [0.2, 0.25) is 5.91 Å². The number of aryl methyl sites for hydroxylation is 1. The van der Waals surface area contributed by atoms with Gasteiger partial charge < -0.3 is 14.8 Å². The maximum Gasteiger partial charge on any atom is 0.341 e. The fourth-order valence-corrected chi connectivity index (χ4v) is 4.16. The van der Waals surface area contributed by atoms with Crippen LogP contribution in [-0.2, 0) is 31.9 Å². The molecule has 2 rings (SSSR count). The summed E-state index contributed by atoms with van der Waals surface area (Å²) in [5.74, 6) is -1.08. The molecule has 0 saturated heterocycles. The molecule has 0 fully saturated rings. The van der Waals surface area contributed by atoms with Crippen molar-refractivity contribution in [3.05, 3.63) is 16.0 Å². The Balaban J connectivity index is 2.06. The van der Waals surface area contributed by atoms with Gasteiger partial charge in [-0.2, -0.15) is 0 Å². The zero-order chi connectivity index (χ0) is 18.4. The van der Waals surface area contributed by atoms with Crippen molar-refractivity contribution in [1.29, 1.82) is 0 Å². The molecule has 0 radical (unpaired) electrons. The minimum absolute atomic E-state index is 0.0298. The predicted molar refractivity (Wildman–Crippen MR) is 95.1 cm³/mol. The minimum atomic E-state index is -0.422. The highest BCUT2D eigenvalue weighted by atomic mass is 32.1. The first-order chi connectivity index (χ1) is 12.0. The van der Waals surface area contributed by atoms with E-state index in [9.17, 15) is 14.4 Å². The Morgan fingerprint density at radius 1 is 1.20 bits per heavy atom. The number of hydrogen-bond acceptors (Lipinski definition) is 7. The van der Waals surface area contributed by atoms with Crippen molar-refractivity contribution in [1.82, 2.24) is 4.90 Å². The van der Waals surface area contributed by atoms with E-state index in [1.54, 1.807) is 18.9 Å². The first-order valence-electron chi connectivity index (χ1n) is 8.33. The van der Waals surface area contributed by atoms with Crippen molar-refractivity contribution < 1.29 is 23.9 Å². The average Bonchev–Trinajstić information content (AvgIpc) is 2.91. The number of carbonyl (C=O) groups excluding carboxylic acids is 3. The summed E-state index contributed by atoms with van der Waals surface area (Å²) < 4.78 is 9.75. The summed E-state index contributed by atoms with van der Waals surface area (Å²) in [6, 6.07) is 0. The van der Waals surface area contributed by atoms with Gasteiger partial charge in [0.15, 0.2) is 0 Å². The number of methoxy groups -OCH3 is 1. The van der Waals surface area contributed by atoms with Crippen LogP contribution in [0.3, 0.4) is 0 Å². The largest absolute Gasteiger partial charge is 0.465 e. The van der Waals surface area contributed by atoms with E-state index in [4.69, 9.17) is 9.47 Å². The van der Waals surface area contributed by atoms with Crippen LogP contribution in [0.5, 0.6) is 0 Å². The molecule has 0 bridgehead atoms. The first-order valence-corrected chi connectivity index (χ1v) is 9.14. The third-order valence-corrected chi connectivity index (χ3v) is 5.14. The molecule has 1 aromatic rings. The number of thiophene rings is 1. The lowest BCUT2D eigenvalue weighted by atomic mass is 9.95. The monoisotopic (exact) mass is 368 g/mol. The molecule has 1 N–H and O–H groups in total. The van der Waals surface area contributed by atoms with Crippen LogP contribution < -0.4 is 5.32 Å². The van der Waals surface area contributed by atoms with Crippen LogP contribution in [0, 0.1) is 0 Å². The summed E-state index contributed by atoms with van der Waals surface area (Å²) in [7, 11) is 3.01. The van der Waals surface area contributed by atoms with Crippen LogP contribution >= 0.6 is 11.3 Å². The maximum atomic E-state index is 12.3. The Morgan fingerprint density at radius 2 is 1.92 bits per heavy atom. The van der Waals surface area contributed by atoms with Gasteiger partial charge in [-0.05, 0) is 45.2 Å². The van der Waals surface area contributed by atoms with E-state index in [1.807, 2.05) is 0 Å². The second kappa shape index (κ2) is 8.96. The van der Waals surface area contributed by atoms with E-state index in [2.05, 4.69) is 5.32 Å². The summed E-state index contributed by atoms with van der Waals surface area (Å²) in [6.45, 7) is 2.10. The molecule has 0 aliphatic heterocycles. The van der Waals surface area contributed by atoms with Gasteiger partial charge in [0, 0.05) is 4.88 Å². The van der Waals surface area contributed by atoms with E-state index in [1.165, 1.54) is 18.4 Å². The number of carbonyl (C=O) groups is 3. The van der Waals surface area contributed by atoms with Gasteiger partial charge in [-0.25, -0.2) is 4.79 Å². The lowest BCUT2D eigenvalue weighted by Gasteiger charge is -2.15. The summed E-state index contributed by atoms with van der Waals surface area (Å²) in [5, 5.41) is 3.34. The second-order valence-corrected chi connectivity index (χ2v) is 7.04. The quantitative estimate of drug-likeness (QED) is 0.740. The van der Waals surface area contributed by atoms with Crippen molar-refractivity contribution in [2.75, 3.05) is 39.2 Å². The number of nitrogens with zero attached hydrogens (tertiary/aromatic N) is 1. The summed E-state index contributed by atoms with van der Waals surface area (Å²) in [5.41, 5.74) is 1.47. The summed E-state index contributed by atoms with van der Waals surface area (Å²) in [4.78, 5) is 38.6. The Kier molecular flexibility index (Phi) is 6.95. The molecule has 8 heteroatoms. The highest BCUT2D eigenvalue weighted by Crippen LogP contribution is 2.38. The number of hydrogen-bond donors (Lipinski definition) is 1. The predicted octanol–water partition coefficient (Wildman–Crippen LogP) is 1.85. The SMILES string of the molecule is CCOC(=O)CN(C)CC(=O)Nc1sc2c(c1C(=O)OC)CCCC2. The van der Waals surface area contributed by atoms with Crippen LogP contribution in [0.15, 0.2) is 0 Å². The fraction of sp³-hybridized carbons (Fsp3) is 0.588. The number of nitrogens with one attached hydrogen (secondary N) is 1. The van der Waals surface area contributed by atoms with Crippen molar-refractivity contribution in [3.8, 4) is 0 Å². The molecule has 0 saturated carbocycles. The molecule has 0 spiro atoms. The van der Waals surface area contributed by atoms with Gasteiger partial charge in [-0.15, -0.1) is 11.3 Å². The second-order valence-electron chi connectivity index (χ2n) is 5.93. The number of amides is 1. The standard InChI is InChI=1S/C17H24N2O5S/c1-4-24-14(21)10-19(2)9-13(20)18-16-15(17(22)23-3)11-7-5-6-8-12(11)25-16/h4-10H2,1-3H3,(H,18,20). The number of rotatable bonds is 7. The van der Waals surface area contributed by atoms with Gasteiger partial charge in [0.25, 0.3) is 0 Å². The van der Waals surface area contributed by atoms with E-state index in [0.29, 0.717) is 17.2 Å². The van der Waals surface area contributed by atoms with Crippen molar-refractivity contribution in [3.63, 3.8) is 0 Å². The van der Waals surface area contributed by atoms with E-state index in [-0.39, 0.29) is 25.0 Å². The molecule has 1 aliphatic rings. The first kappa shape index (κ1) is 19.4. The molecule has 7 nitrogen and oxygen atoms in total. The van der Waals surface area contributed by atoms with Gasteiger partial charge in [-0.1, -0.05) is 0 Å². The highest BCUT2D eigenvalue weighted by Gasteiger charge is 2.27. The topological polar surface area (TPSA) is 84.9 Å². The lowest BCUT2D eigenvalue weighted by Crippen LogP contribution is -2.34. The van der Waals surface area contributed by atoms with Crippen molar-refractivity contribution in [2.45, 2.75) is 32.6 Å². The van der Waals surface area contributed by atoms with Gasteiger partial charge in [0.05, 0.1) is 32.4 Å². The molecule has 1 aromatic heterocycles. The summed E-state index contributed by atoms with van der Waals surface area (Å²) in [6.07, 6.45) is 3.87. The fourth-order valence-electron chi connectivity index (χ4n) is 2.87. The number of anilines is 1. The molecule has 0 atom stereocenters. The third-order valence-electron chi connectivity index (χ3n) is 3.93. The molecule has 0 unspecified atom stereocenters. The molecular weight excluding hydrogens is 344 g/mol. The Bertz CT molecular complexity index is 656. The van der Waals surface area contributed by atoms with Crippen molar-refractivity contribution >= 4 is 34.2 Å². The number of likely N-dealkylation sites (N-methyl/N-ethyl adjacent to an activating group) is 1. The summed E-state index contributed by atoms with van der Waals surface area (Å²) >= 11 is 1.44. The zero-order valence-corrected chi connectivity index (χ0v) is 15.7. The molecule has 0 aromatic carbocycles. The molecule has 1 aliphatic carbocycles.